The number of aromatic nitrogens is 2. The molecule has 1 aliphatic carbocycles. The molecule has 1 unspecified atom stereocenters. The summed E-state index contributed by atoms with van der Waals surface area (Å²) >= 11 is 0. The number of amides is 1. The van der Waals surface area contributed by atoms with E-state index in [-0.39, 0.29) is 10.8 Å². The van der Waals surface area contributed by atoms with Crippen LogP contribution in [0.15, 0.2) is 35.4 Å². The zero-order valence-corrected chi connectivity index (χ0v) is 24.4. The van der Waals surface area contributed by atoms with Crippen LogP contribution < -0.4 is 14.9 Å². The van der Waals surface area contributed by atoms with Gasteiger partial charge in [-0.15, -0.1) is 0 Å². The van der Waals surface area contributed by atoms with Crippen LogP contribution in [-0.4, -0.2) is 55.3 Å². The Labute approximate surface area is 230 Å². The first-order valence-electron chi connectivity index (χ1n) is 13.5. The van der Waals surface area contributed by atoms with Gasteiger partial charge in [0.15, 0.2) is 10.8 Å². The first-order valence-corrected chi connectivity index (χ1v) is 15.0. The number of nitrogens with zero attached hydrogens (tertiary/aromatic N) is 3. The maximum Gasteiger partial charge on any atom is 0.260 e. The number of anilines is 2. The average molecular weight is 558 g/mol. The summed E-state index contributed by atoms with van der Waals surface area (Å²) in [5, 5.41) is 2.63. The van der Waals surface area contributed by atoms with Gasteiger partial charge < -0.3 is 19.7 Å². The van der Waals surface area contributed by atoms with Gasteiger partial charge in [0, 0.05) is 18.6 Å². The molecule has 3 fully saturated rings. The van der Waals surface area contributed by atoms with Crippen molar-refractivity contribution < 1.29 is 22.7 Å². The van der Waals surface area contributed by atoms with Crippen LogP contribution in [0.4, 0.5) is 11.6 Å². The van der Waals surface area contributed by atoms with Crippen LogP contribution in [0.25, 0.3) is 0 Å². The Bertz CT molecular complexity index is 1370. The Morgan fingerprint density at radius 1 is 1.00 bits per heavy atom. The van der Waals surface area contributed by atoms with Crippen molar-refractivity contribution in [2.45, 2.75) is 89.2 Å². The van der Waals surface area contributed by atoms with E-state index in [0.29, 0.717) is 29.1 Å². The number of sulfonamides is 1. The highest BCUT2D eigenvalue weighted by atomic mass is 32.2. The second-order valence-corrected chi connectivity index (χ2v) is 14.4. The summed E-state index contributed by atoms with van der Waals surface area (Å²) in [4.78, 5) is 25.0. The predicted octanol–water partition coefficient (Wildman–Crippen LogP) is 4.18. The Balaban J connectivity index is 1.44. The van der Waals surface area contributed by atoms with Gasteiger partial charge in [0.25, 0.3) is 15.9 Å². The van der Waals surface area contributed by atoms with Crippen LogP contribution in [0, 0.1) is 5.41 Å². The van der Waals surface area contributed by atoms with Crippen molar-refractivity contribution in [3.63, 3.8) is 0 Å². The lowest BCUT2D eigenvalue weighted by Crippen LogP contribution is -2.40. The molecule has 1 spiro atoms. The fourth-order valence-corrected chi connectivity index (χ4v) is 6.73. The van der Waals surface area contributed by atoms with Crippen molar-refractivity contribution in [3.05, 3.63) is 41.6 Å². The highest BCUT2D eigenvalue weighted by Gasteiger charge is 2.46. The molecular formula is C28H39N5O5S. The van der Waals surface area contributed by atoms with Gasteiger partial charge in [-0.2, -0.15) is 0 Å². The quantitative estimate of drug-likeness (QED) is 0.542. The largest absolute Gasteiger partial charge is 0.356 e. The number of rotatable bonds is 6. The van der Waals surface area contributed by atoms with Crippen LogP contribution in [0.2, 0.25) is 0 Å². The van der Waals surface area contributed by atoms with Gasteiger partial charge in [-0.25, -0.2) is 23.1 Å². The minimum Gasteiger partial charge on any atom is -0.356 e. The summed E-state index contributed by atoms with van der Waals surface area (Å²) in [6.07, 6.45) is 4.70. The Morgan fingerprint density at radius 3 is 2.28 bits per heavy atom. The Hall–Kier alpha value is -2.60. The van der Waals surface area contributed by atoms with Crippen molar-refractivity contribution in [1.29, 1.82) is 0 Å². The Morgan fingerprint density at radius 2 is 1.69 bits per heavy atom. The minimum atomic E-state index is -3.86. The van der Waals surface area contributed by atoms with Crippen molar-refractivity contribution >= 4 is 27.6 Å². The second-order valence-electron chi connectivity index (χ2n) is 12.7. The molecule has 2 aliphatic heterocycles. The van der Waals surface area contributed by atoms with E-state index in [4.69, 9.17) is 14.5 Å². The number of carbonyl (C=O) groups is 1. The smallest absolute Gasteiger partial charge is 0.260 e. The second kappa shape index (κ2) is 9.50. The third-order valence-electron chi connectivity index (χ3n) is 7.59. The van der Waals surface area contributed by atoms with E-state index in [0.717, 1.165) is 25.9 Å². The monoisotopic (exact) mass is 557 g/mol. The van der Waals surface area contributed by atoms with Gasteiger partial charge in [-0.05, 0) is 96.9 Å². The molecule has 4 heterocycles. The van der Waals surface area contributed by atoms with E-state index in [1.54, 1.807) is 45.0 Å². The van der Waals surface area contributed by atoms with Crippen LogP contribution in [-0.2, 0) is 25.1 Å². The molecule has 2 N–H and O–H groups in total. The van der Waals surface area contributed by atoms with E-state index in [1.807, 2.05) is 20.8 Å². The average Bonchev–Trinajstić information content (AvgIpc) is 3.52. The molecule has 11 heteroatoms. The maximum atomic E-state index is 13.6. The number of hydrogen-bond donors (Lipinski definition) is 2. The molecule has 0 aromatic carbocycles. The SMILES string of the molecule is CC(C)(C)NS(=O)(=O)c1cccc(NC(=O)c2ccc(C3(C)COC(C)(C)O3)nc2N2CCC3(CC2)CC3)n1. The van der Waals surface area contributed by atoms with Gasteiger partial charge in [-0.3, -0.25) is 4.79 Å². The first-order chi connectivity index (χ1) is 18.1. The molecule has 1 saturated carbocycles. The molecule has 1 amide bonds. The van der Waals surface area contributed by atoms with Gasteiger partial charge in [0.1, 0.15) is 17.2 Å². The molecule has 212 valence electrons. The molecule has 10 nitrogen and oxygen atoms in total. The first kappa shape index (κ1) is 27.9. The number of hydrogen-bond acceptors (Lipinski definition) is 8. The van der Waals surface area contributed by atoms with Gasteiger partial charge in [0.2, 0.25) is 0 Å². The van der Waals surface area contributed by atoms with E-state index >= 15 is 0 Å². The highest BCUT2D eigenvalue weighted by Crippen LogP contribution is 2.54. The van der Waals surface area contributed by atoms with Crippen molar-refractivity contribution in [3.8, 4) is 0 Å². The third-order valence-corrected chi connectivity index (χ3v) is 9.25. The van der Waals surface area contributed by atoms with E-state index < -0.39 is 32.9 Å². The molecule has 3 aliphatic rings. The number of carbonyl (C=O) groups excluding carboxylic acids is 1. The van der Waals surface area contributed by atoms with Crippen LogP contribution in [0.1, 0.15) is 83.3 Å². The minimum absolute atomic E-state index is 0.142. The van der Waals surface area contributed by atoms with Crippen molar-refractivity contribution in [2.75, 3.05) is 29.9 Å². The summed E-state index contributed by atoms with van der Waals surface area (Å²) in [7, 11) is -3.86. The third kappa shape index (κ3) is 6.11. The molecular weight excluding hydrogens is 518 g/mol. The highest BCUT2D eigenvalue weighted by molar-refractivity contribution is 7.89. The zero-order chi connectivity index (χ0) is 28.3. The topological polar surface area (TPSA) is 123 Å². The van der Waals surface area contributed by atoms with Crippen LogP contribution in [0.5, 0.6) is 0 Å². The molecule has 5 rings (SSSR count). The molecule has 2 aromatic heterocycles. The molecule has 39 heavy (non-hydrogen) atoms. The summed E-state index contributed by atoms with van der Waals surface area (Å²) in [5.41, 5.74) is 0.146. The normalized spacial score (nSPS) is 24.1. The fourth-order valence-electron chi connectivity index (χ4n) is 5.34. The summed E-state index contributed by atoms with van der Waals surface area (Å²) < 4.78 is 40.2. The van der Waals surface area contributed by atoms with Crippen LogP contribution in [0.3, 0.4) is 0 Å². The number of nitrogens with one attached hydrogen (secondary N) is 2. The predicted molar refractivity (Wildman–Crippen MR) is 148 cm³/mol. The fraction of sp³-hybridized carbons (Fsp3) is 0.607. The van der Waals surface area contributed by atoms with Crippen LogP contribution >= 0.6 is 0 Å². The number of ether oxygens (including phenoxy) is 2. The van der Waals surface area contributed by atoms with Crippen molar-refractivity contribution in [2.24, 2.45) is 5.41 Å². The Kier molecular flexibility index (Phi) is 6.81. The standard InChI is InChI=1S/C28H39N5O5S/c1-25(2,3)32-39(35,36)22-9-7-8-21(30-22)31-24(34)19-10-11-20(27(6)18-37-26(4,5)38-27)29-23(19)33-16-14-28(12-13-28)15-17-33/h7-11,32H,12-18H2,1-6H3,(H,30,31,34). The number of pyridine rings is 2. The van der Waals surface area contributed by atoms with E-state index in [9.17, 15) is 13.2 Å². The zero-order valence-electron chi connectivity index (χ0n) is 23.6. The van der Waals surface area contributed by atoms with E-state index in [2.05, 4.69) is 19.9 Å². The molecule has 2 saturated heterocycles. The molecule has 1 atom stereocenters. The summed E-state index contributed by atoms with van der Waals surface area (Å²) in [6.45, 7) is 13.0. The van der Waals surface area contributed by atoms with Gasteiger partial charge >= 0.3 is 0 Å². The van der Waals surface area contributed by atoms with Crippen molar-refractivity contribution in [1.82, 2.24) is 14.7 Å². The lowest BCUT2D eigenvalue weighted by Gasteiger charge is -2.35. The lowest BCUT2D eigenvalue weighted by molar-refractivity contribution is -0.160. The summed E-state index contributed by atoms with van der Waals surface area (Å²) in [6, 6.07) is 8.09. The van der Waals surface area contributed by atoms with E-state index in [1.165, 1.54) is 18.9 Å². The summed E-state index contributed by atoms with van der Waals surface area (Å²) in [5.74, 6) is -0.401. The van der Waals surface area contributed by atoms with Gasteiger partial charge in [-0.1, -0.05) is 6.07 Å². The molecule has 2 aromatic rings. The molecule has 0 radical (unpaired) electrons. The number of piperidine rings is 1. The van der Waals surface area contributed by atoms with Gasteiger partial charge in [0.05, 0.1) is 17.9 Å². The maximum absolute atomic E-state index is 13.6. The lowest BCUT2D eigenvalue weighted by atomic mass is 9.93. The molecule has 0 bridgehead atoms.